The zero-order chi connectivity index (χ0) is 16.9. The van der Waals surface area contributed by atoms with Crippen molar-refractivity contribution in [2.45, 2.75) is 6.61 Å². The minimum absolute atomic E-state index is 0.119. The minimum atomic E-state index is -1.02. The highest BCUT2D eigenvalue weighted by Gasteiger charge is 2.17. The molecule has 0 fully saturated rings. The molecule has 0 unspecified atom stereocenters. The zero-order valence-electron chi connectivity index (χ0n) is 12.8. The number of hydrogen-bond donors (Lipinski definition) is 0. The Morgan fingerprint density at radius 3 is 2.25 bits per heavy atom. The van der Waals surface area contributed by atoms with Crippen LogP contribution in [0.3, 0.4) is 0 Å². The van der Waals surface area contributed by atoms with Gasteiger partial charge < -0.3 is 4.74 Å². The number of terminal acetylenes is 1. The predicted octanol–water partition coefficient (Wildman–Crippen LogP) is 5.19. The summed E-state index contributed by atoms with van der Waals surface area (Å²) in [7, 11) is 0. The van der Waals surface area contributed by atoms with E-state index in [2.05, 4.69) is 5.92 Å². The van der Waals surface area contributed by atoms with Gasteiger partial charge in [-0.15, -0.1) is 6.42 Å². The summed E-state index contributed by atoms with van der Waals surface area (Å²) in [6.45, 7) is 0.164. The summed E-state index contributed by atoms with van der Waals surface area (Å²) in [5.41, 5.74) is 1.98. The lowest BCUT2D eigenvalue weighted by Crippen LogP contribution is -2.00. The molecule has 1 nitrogen and oxygen atoms in total. The Hall–Kier alpha value is -3.12. The molecule has 0 spiro atoms. The molecule has 3 heteroatoms. The van der Waals surface area contributed by atoms with Crippen molar-refractivity contribution in [2.24, 2.45) is 0 Å². The molecule has 0 radical (unpaired) electrons. The highest BCUT2D eigenvalue weighted by molar-refractivity contribution is 5.72. The highest BCUT2D eigenvalue weighted by atomic mass is 19.2. The average molecular weight is 320 g/mol. The van der Waals surface area contributed by atoms with Crippen LogP contribution in [0.2, 0.25) is 0 Å². The fourth-order valence-corrected chi connectivity index (χ4v) is 2.43. The van der Waals surface area contributed by atoms with Crippen molar-refractivity contribution < 1.29 is 13.5 Å². The first-order chi connectivity index (χ1) is 11.7. The molecule has 0 aliphatic rings. The molecule has 0 saturated carbocycles. The molecule has 0 bridgehead atoms. The van der Waals surface area contributed by atoms with Crippen molar-refractivity contribution in [3.05, 3.63) is 89.5 Å². The van der Waals surface area contributed by atoms with Gasteiger partial charge in [-0.25, -0.2) is 4.39 Å². The summed E-state index contributed by atoms with van der Waals surface area (Å²) in [6, 6.07) is 19.0. The standard InChI is InChI=1S/C21H14F2O/c1-2-16-10-6-7-11-17(16)18-12-13-19(21(23)20(18)22)24-14-15-8-4-3-5-9-15/h1,3-13H,14H2. The third kappa shape index (κ3) is 3.13. The SMILES string of the molecule is C#Cc1ccccc1-c1ccc(OCc2ccccc2)c(F)c1F. The molecule has 0 heterocycles. The van der Waals surface area contributed by atoms with Gasteiger partial charge in [-0.2, -0.15) is 4.39 Å². The number of halogens is 2. The van der Waals surface area contributed by atoms with Crippen LogP contribution in [0.4, 0.5) is 8.78 Å². The summed E-state index contributed by atoms with van der Waals surface area (Å²) >= 11 is 0. The second-order valence-corrected chi connectivity index (χ2v) is 5.20. The van der Waals surface area contributed by atoms with Crippen LogP contribution >= 0.6 is 0 Å². The Bertz CT molecular complexity index is 895. The van der Waals surface area contributed by atoms with Crippen molar-refractivity contribution in [1.29, 1.82) is 0 Å². The normalized spacial score (nSPS) is 10.2. The lowest BCUT2D eigenvalue weighted by atomic mass is 9.99. The maximum atomic E-state index is 14.5. The van der Waals surface area contributed by atoms with E-state index in [0.29, 0.717) is 11.1 Å². The largest absolute Gasteiger partial charge is 0.486 e. The summed E-state index contributed by atoms with van der Waals surface area (Å²) in [5.74, 6) is 0.368. The van der Waals surface area contributed by atoms with Gasteiger partial charge in [0.05, 0.1) is 0 Å². The van der Waals surface area contributed by atoms with Crippen LogP contribution in [0.15, 0.2) is 66.7 Å². The molecule has 3 aromatic rings. The first kappa shape index (κ1) is 15.8. The average Bonchev–Trinajstić information content (AvgIpc) is 2.64. The van der Waals surface area contributed by atoms with Gasteiger partial charge >= 0.3 is 0 Å². The maximum absolute atomic E-state index is 14.5. The molecule has 24 heavy (non-hydrogen) atoms. The highest BCUT2D eigenvalue weighted by Crippen LogP contribution is 2.31. The fourth-order valence-electron chi connectivity index (χ4n) is 2.43. The molecule has 3 aromatic carbocycles. The van der Waals surface area contributed by atoms with E-state index in [-0.39, 0.29) is 17.9 Å². The molecule has 118 valence electrons. The maximum Gasteiger partial charge on any atom is 0.201 e. The predicted molar refractivity (Wildman–Crippen MR) is 90.5 cm³/mol. The van der Waals surface area contributed by atoms with Gasteiger partial charge in [-0.1, -0.05) is 54.5 Å². The lowest BCUT2D eigenvalue weighted by molar-refractivity contribution is 0.285. The number of hydrogen-bond acceptors (Lipinski definition) is 1. The van der Waals surface area contributed by atoms with Gasteiger partial charge in [0, 0.05) is 16.7 Å². The first-order valence-corrected chi connectivity index (χ1v) is 7.41. The molecular weight excluding hydrogens is 306 g/mol. The zero-order valence-corrected chi connectivity index (χ0v) is 12.8. The number of rotatable bonds is 4. The fraction of sp³-hybridized carbons (Fsp3) is 0.0476. The lowest BCUT2D eigenvalue weighted by Gasteiger charge is -2.11. The van der Waals surface area contributed by atoms with Crippen molar-refractivity contribution in [3.63, 3.8) is 0 Å². The summed E-state index contributed by atoms with van der Waals surface area (Å²) in [4.78, 5) is 0. The second-order valence-electron chi connectivity index (χ2n) is 5.20. The Kier molecular flexibility index (Phi) is 4.58. The van der Waals surface area contributed by atoms with Gasteiger partial charge in [0.25, 0.3) is 0 Å². The monoisotopic (exact) mass is 320 g/mol. The molecule has 0 saturated heterocycles. The molecule has 0 N–H and O–H groups in total. The molecule has 0 atom stereocenters. The minimum Gasteiger partial charge on any atom is -0.486 e. The summed E-state index contributed by atoms with van der Waals surface area (Å²) in [5, 5.41) is 0. The van der Waals surface area contributed by atoms with Crippen LogP contribution in [0.5, 0.6) is 5.75 Å². The van der Waals surface area contributed by atoms with Crippen LogP contribution in [-0.2, 0) is 6.61 Å². The van der Waals surface area contributed by atoms with E-state index in [4.69, 9.17) is 11.2 Å². The summed E-state index contributed by atoms with van der Waals surface area (Å²) in [6.07, 6.45) is 5.43. The van der Waals surface area contributed by atoms with Crippen LogP contribution in [0, 0.1) is 24.0 Å². The Morgan fingerprint density at radius 1 is 0.792 bits per heavy atom. The molecule has 0 aliphatic carbocycles. The Labute approximate surface area is 139 Å². The van der Waals surface area contributed by atoms with Gasteiger partial charge in [-0.3, -0.25) is 0 Å². The van der Waals surface area contributed by atoms with E-state index in [1.807, 2.05) is 30.3 Å². The van der Waals surface area contributed by atoms with E-state index < -0.39 is 11.6 Å². The Morgan fingerprint density at radius 2 is 1.50 bits per heavy atom. The van der Waals surface area contributed by atoms with Crippen LogP contribution < -0.4 is 4.74 Å². The molecular formula is C21H14F2O. The van der Waals surface area contributed by atoms with Gasteiger partial charge in [0.2, 0.25) is 5.82 Å². The smallest absolute Gasteiger partial charge is 0.201 e. The van der Waals surface area contributed by atoms with Crippen LogP contribution in [0.1, 0.15) is 11.1 Å². The van der Waals surface area contributed by atoms with Gasteiger partial charge in [-0.05, 0) is 23.8 Å². The topological polar surface area (TPSA) is 9.23 Å². The second kappa shape index (κ2) is 6.97. The van der Waals surface area contributed by atoms with Crippen molar-refractivity contribution in [3.8, 4) is 29.2 Å². The quantitative estimate of drug-likeness (QED) is 0.601. The van der Waals surface area contributed by atoms with Gasteiger partial charge in [0.15, 0.2) is 11.6 Å². The van der Waals surface area contributed by atoms with Crippen molar-refractivity contribution in [2.75, 3.05) is 0 Å². The molecule has 0 aliphatic heterocycles. The van der Waals surface area contributed by atoms with E-state index in [0.717, 1.165) is 5.56 Å². The molecule has 0 amide bonds. The summed E-state index contributed by atoms with van der Waals surface area (Å²) < 4.78 is 34.2. The van der Waals surface area contributed by atoms with Crippen molar-refractivity contribution >= 4 is 0 Å². The van der Waals surface area contributed by atoms with Gasteiger partial charge in [0.1, 0.15) is 6.61 Å². The molecule has 3 rings (SSSR count). The Balaban J connectivity index is 1.91. The van der Waals surface area contributed by atoms with E-state index in [1.165, 1.54) is 12.1 Å². The number of benzene rings is 3. The third-order valence-electron chi connectivity index (χ3n) is 3.66. The first-order valence-electron chi connectivity index (χ1n) is 7.41. The van der Waals surface area contributed by atoms with E-state index in [9.17, 15) is 8.78 Å². The van der Waals surface area contributed by atoms with E-state index in [1.54, 1.807) is 24.3 Å². The molecule has 0 aromatic heterocycles. The third-order valence-corrected chi connectivity index (χ3v) is 3.66. The van der Waals surface area contributed by atoms with Crippen LogP contribution in [0.25, 0.3) is 11.1 Å². The van der Waals surface area contributed by atoms with E-state index >= 15 is 0 Å². The van der Waals surface area contributed by atoms with Crippen LogP contribution in [-0.4, -0.2) is 0 Å². The number of ether oxygens (including phenoxy) is 1. The van der Waals surface area contributed by atoms with Crippen molar-refractivity contribution in [1.82, 2.24) is 0 Å².